The number of ether oxygens (including phenoxy) is 1. The molecule has 0 saturated heterocycles. The van der Waals surface area contributed by atoms with Crippen LogP contribution in [0.5, 0.6) is 5.75 Å². The van der Waals surface area contributed by atoms with Crippen LogP contribution in [-0.4, -0.2) is 12.1 Å². The van der Waals surface area contributed by atoms with Crippen molar-refractivity contribution in [3.63, 3.8) is 0 Å². The first-order chi connectivity index (χ1) is 15.2. The molecule has 0 bridgehead atoms. The molecule has 1 atom stereocenters. The number of hydrogen-bond donors (Lipinski definition) is 0. The fourth-order valence-electron chi connectivity index (χ4n) is 4.23. The molecule has 2 aromatic carbocycles. The molecule has 2 aromatic rings. The number of carboxylic acids is 1. The van der Waals surface area contributed by atoms with E-state index in [1.165, 1.54) is 70.6 Å². The summed E-state index contributed by atoms with van der Waals surface area (Å²) in [6.07, 6.45) is 17.2. The molecule has 0 fully saturated rings. The zero-order chi connectivity index (χ0) is 22.2. The van der Waals surface area contributed by atoms with Gasteiger partial charge in [0.1, 0.15) is 5.75 Å². The molecule has 4 heteroatoms. The normalized spacial score (nSPS) is 11.8. The van der Waals surface area contributed by atoms with Crippen molar-refractivity contribution in [1.29, 1.82) is 0 Å². The Morgan fingerprint density at radius 3 is 1.97 bits per heavy atom. The molecule has 172 valence electrons. The molecule has 0 heterocycles. The monoisotopic (exact) mass is 448 g/mol. The van der Waals surface area contributed by atoms with E-state index in [0.717, 1.165) is 29.4 Å². The van der Waals surface area contributed by atoms with Gasteiger partial charge in [0.2, 0.25) is 0 Å². The van der Waals surface area contributed by atoms with Crippen molar-refractivity contribution in [3.8, 4) is 5.75 Å². The summed E-state index contributed by atoms with van der Waals surface area (Å²) in [5, 5.41) is 13.2. The van der Waals surface area contributed by atoms with Gasteiger partial charge in [-0.3, -0.25) is 0 Å². The molecule has 0 spiro atoms. The second-order valence-corrected chi connectivity index (χ2v) is 8.81. The van der Waals surface area contributed by atoms with Crippen LogP contribution in [0.3, 0.4) is 0 Å². The Balaban J connectivity index is 0.00000512. The number of benzene rings is 2. The topological polar surface area (TPSA) is 49.4 Å². The molecule has 0 aliphatic carbocycles. The zero-order valence-electron chi connectivity index (χ0n) is 20.5. The largest absolute Gasteiger partial charge is 1.00 e. The number of rotatable bonds is 18. The Bertz CT molecular complexity index is 741. The fraction of sp³-hybridized carbons (Fsp3) is 0.607. The van der Waals surface area contributed by atoms with Crippen molar-refractivity contribution < 1.29 is 44.2 Å². The second-order valence-electron chi connectivity index (χ2n) is 8.81. The SMILES string of the molecule is CCCCCCCCCCCCCCC(CCC(=O)[O-])Oc1cccc2ccccc12.[Na+]. The average molecular weight is 449 g/mol. The molecular formula is C28H41NaO3. The summed E-state index contributed by atoms with van der Waals surface area (Å²) in [6.45, 7) is 2.27. The molecular weight excluding hydrogens is 407 g/mol. The molecule has 0 aliphatic rings. The van der Waals surface area contributed by atoms with Crippen LogP contribution >= 0.6 is 0 Å². The summed E-state index contributed by atoms with van der Waals surface area (Å²) < 4.78 is 6.29. The quantitative estimate of drug-likeness (QED) is 0.254. The maximum Gasteiger partial charge on any atom is 1.00 e. The van der Waals surface area contributed by atoms with Gasteiger partial charge in [-0.2, -0.15) is 0 Å². The first-order valence-electron chi connectivity index (χ1n) is 12.5. The third-order valence-corrected chi connectivity index (χ3v) is 6.09. The number of aliphatic carboxylic acids is 1. The molecule has 0 amide bonds. The minimum Gasteiger partial charge on any atom is -0.550 e. The molecule has 1 unspecified atom stereocenters. The van der Waals surface area contributed by atoms with Crippen LogP contribution in [0.2, 0.25) is 0 Å². The Hall–Kier alpha value is -1.03. The van der Waals surface area contributed by atoms with Gasteiger partial charge in [0.15, 0.2) is 0 Å². The number of carbonyl (C=O) groups excluding carboxylic acids is 1. The van der Waals surface area contributed by atoms with Crippen molar-refractivity contribution in [1.82, 2.24) is 0 Å². The van der Waals surface area contributed by atoms with Crippen LogP contribution in [0.15, 0.2) is 42.5 Å². The standard InChI is InChI=1S/C28H42O3.Na/c1-2-3-4-5-6-7-8-9-10-11-12-13-19-25(22-23-28(29)30)31-27-21-16-18-24-17-14-15-20-26(24)27;/h14-18,20-21,25H,2-13,19,22-23H2,1H3,(H,29,30);/q;+1/p-1. The van der Waals surface area contributed by atoms with Gasteiger partial charge in [-0.05, 0) is 37.1 Å². The van der Waals surface area contributed by atoms with Crippen LogP contribution in [0.4, 0.5) is 0 Å². The van der Waals surface area contributed by atoms with E-state index >= 15 is 0 Å². The molecule has 0 saturated carbocycles. The summed E-state index contributed by atoms with van der Waals surface area (Å²) >= 11 is 0. The molecule has 32 heavy (non-hydrogen) atoms. The number of hydrogen-bond acceptors (Lipinski definition) is 3. The van der Waals surface area contributed by atoms with Crippen LogP contribution in [-0.2, 0) is 4.79 Å². The second kappa shape index (κ2) is 18.4. The predicted octanol–water partition coefficient (Wildman–Crippen LogP) is 4.21. The van der Waals surface area contributed by atoms with Gasteiger partial charge in [-0.15, -0.1) is 0 Å². The van der Waals surface area contributed by atoms with E-state index < -0.39 is 5.97 Å². The van der Waals surface area contributed by atoms with Crippen molar-refractivity contribution in [3.05, 3.63) is 42.5 Å². The Morgan fingerprint density at radius 2 is 1.34 bits per heavy atom. The van der Waals surface area contributed by atoms with E-state index in [2.05, 4.69) is 25.1 Å². The minimum absolute atomic E-state index is 0. The Kier molecular flexibility index (Phi) is 16.7. The van der Waals surface area contributed by atoms with Gasteiger partial charge in [0.25, 0.3) is 0 Å². The maximum atomic E-state index is 11.0. The maximum absolute atomic E-state index is 11.0. The Labute approximate surface area is 217 Å². The third kappa shape index (κ3) is 12.3. The summed E-state index contributed by atoms with van der Waals surface area (Å²) in [7, 11) is 0. The predicted molar refractivity (Wildman–Crippen MR) is 128 cm³/mol. The molecule has 3 nitrogen and oxygen atoms in total. The smallest absolute Gasteiger partial charge is 0.550 e. The van der Waals surface area contributed by atoms with Gasteiger partial charge in [0.05, 0.1) is 6.10 Å². The average Bonchev–Trinajstić information content (AvgIpc) is 2.78. The van der Waals surface area contributed by atoms with Gasteiger partial charge in [-0.1, -0.05) is 114 Å². The zero-order valence-corrected chi connectivity index (χ0v) is 22.5. The first-order valence-corrected chi connectivity index (χ1v) is 12.5. The molecule has 0 radical (unpaired) electrons. The van der Waals surface area contributed by atoms with Crippen molar-refractivity contribution in [2.24, 2.45) is 0 Å². The van der Waals surface area contributed by atoms with E-state index in [4.69, 9.17) is 4.74 Å². The van der Waals surface area contributed by atoms with Crippen LogP contribution in [0, 0.1) is 0 Å². The van der Waals surface area contributed by atoms with Crippen LogP contribution in [0.25, 0.3) is 10.8 Å². The number of carbonyl (C=O) groups is 1. The molecule has 0 aromatic heterocycles. The van der Waals surface area contributed by atoms with E-state index in [0.29, 0.717) is 6.42 Å². The van der Waals surface area contributed by atoms with Crippen molar-refractivity contribution in [2.75, 3.05) is 0 Å². The van der Waals surface area contributed by atoms with E-state index in [9.17, 15) is 9.90 Å². The molecule has 2 rings (SSSR count). The minimum atomic E-state index is -0.999. The summed E-state index contributed by atoms with van der Waals surface area (Å²) in [4.78, 5) is 11.0. The number of fused-ring (bicyclic) bond motifs is 1. The van der Waals surface area contributed by atoms with Gasteiger partial charge < -0.3 is 14.6 Å². The summed E-state index contributed by atoms with van der Waals surface area (Å²) in [5.41, 5.74) is 0. The van der Waals surface area contributed by atoms with Crippen LogP contribution < -0.4 is 39.4 Å². The summed E-state index contributed by atoms with van der Waals surface area (Å²) in [5.74, 6) is -0.151. The van der Waals surface area contributed by atoms with Gasteiger partial charge >= 0.3 is 29.6 Å². The third-order valence-electron chi connectivity index (χ3n) is 6.09. The van der Waals surface area contributed by atoms with E-state index in [1.54, 1.807) is 0 Å². The van der Waals surface area contributed by atoms with Crippen molar-refractivity contribution in [2.45, 2.75) is 109 Å². The van der Waals surface area contributed by atoms with Crippen LogP contribution in [0.1, 0.15) is 103 Å². The molecule has 0 aliphatic heterocycles. The molecule has 0 N–H and O–H groups in total. The summed E-state index contributed by atoms with van der Waals surface area (Å²) in [6, 6.07) is 14.2. The number of carboxylic acid groups (broad SMARTS) is 1. The van der Waals surface area contributed by atoms with E-state index in [-0.39, 0.29) is 42.1 Å². The Morgan fingerprint density at radius 1 is 0.781 bits per heavy atom. The van der Waals surface area contributed by atoms with E-state index in [1.807, 2.05) is 24.3 Å². The fourth-order valence-corrected chi connectivity index (χ4v) is 4.23. The van der Waals surface area contributed by atoms with Crippen molar-refractivity contribution >= 4 is 16.7 Å². The van der Waals surface area contributed by atoms with Gasteiger partial charge in [-0.25, -0.2) is 0 Å². The van der Waals surface area contributed by atoms with Gasteiger partial charge in [0, 0.05) is 11.4 Å². The first kappa shape index (κ1) is 29.0. The number of unbranched alkanes of at least 4 members (excludes halogenated alkanes) is 11.